The monoisotopic (exact) mass is 192 g/mol. The van der Waals surface area contributed by atoms with Gasteiger partial charge in [-0.2, -0.15) is 0 Å². The molecule has 1 aromatic carbocycles. The van der Waals surface area contributed by atoms with Crippen LogP contribution in [-0.4, -0.2) is 18.3 Å². The second-order valence-corrected chi connectivity index (χ2v) is 3.94. The van der Waals surface area contributed by atoms with Gasteiger partial charge in [-0.3, -0.25) is 0 Å². The number of benzene rings is 1. The van der Waals surface area contributed by atoms with E-state index in [2.05, 4.69) is 12.1 Å². The van der Waals surface area contributed by atoms with Crippen molar-refractivity contribution in [1.82, 2.24) is 0 Å². The third-order valence-corrected chi connectivity index (χ3v) is 2.75. The topological polar surface area (TPSA) is 29.5 Å². The number of rotatable bonds is 5. The van der Waals surface area contributed by atoms with Gasteiger partial charge in [-0.05, 0) is 23.8 Å². The maximum atomic E-state index is 8.84. The molecule has 1 unspecified atom stereocenters. The summed E-state index contributed by atoms with van der Waals surface area (Å²) in [5, 5.41) is 8.84. The number of hydrogen-bond donors (Lipinski definition) is 1. The first kappa shape index (κ1) is 9.69. The molecule has 0 heterocycles. The highest BCUT2D eigenvalue weighted by Gasteiger charge is 2.36. The zero-order valence-electron chi connectivity index (χ0n) is 8.23. The molecule has 1 fully saturated rings. The molecule has 0 aromatic heterocycles. The zero-order valence-corrected chi connectivity index (χ0v) is 8.23. The van der Waals surface area contributed by atoms with Crippen LogP contribution in [0.1, 0.15) is 12.0 Å². The smallest absolute Gasteiger partial charge is 0.0717 e. The van der Waals surface area contributed by atoms with Crippen LogP contribution < -0.4 is 0 Å². The second-order valence-electron chi connectivity index (χ2n) is 3.94. The minimum atomic E-state index is 0.319. The van der Waals surface area contributed by atoms with Crippen molar-refractivity contribution in [3.05, 3.63) is 35.9 Å². The molecule has 0 aliphatic heterocycles. The molecule has 76 valence electrons. The minimum Gasteiger partial charge on any atom is -0.396 e. The van der Waals surface area contributed by atoms with Gasteiger partial charge in [0.25, 0.3) is 0 Å². The third kappa shape index (κ3) is 2.56. The van der Waals surface area contributed by atoms with Crippen LogP contribution in [-0.2, 0) is 11.3 Å². The summed E-state index contributed by atoms with van der Waals surface area (Å²) in [6, 6.07) is 10.2. The maximum absolute atomic E-state index is 8.84. The van der Waals surface area contributed by atoms with Crippen LogP contribution in [0.5, 0.6) is 0 Å². The summed E-state index contributed by atoms with van der Waals surface area (Å²) >= 11 is 0. The molecule has 0 radical (unpaired) electrons. The van der Waals surface area contributed by atoms with E-state index < -0.39 is 0 Å². The Morgan fingerprint density at radius 1 is 1.21 bits per heavy atom. The summed E-state index contributed by atoms with van der Waals surface area (Å²) < 4.78 is 5.56. The second kappa shape index (κ2) is 4.58. The number of aliphatic hydroxyl groups excluding tert-OH is 1. The lowest BCUT2D eigenvalue weighted by atomic mass is 10.2. The highest BCUT2D eigenvalue weighted by Crippen LogP contribution is 2.37. The van der Waals surface area contributed by atoms with Crippen molar-refractivity contribution in [2.24, 2.45) is 11.8 Å². The van der Waals surface area contributed by atoms with E-state index in [9.17, 15) is 0 Å². The molecule has 14 heavy (non-hydrogen) atoms. The number of ether oxygens (including phenoxy) is 1. The number of hydrogen-bond acceptors (Lipinski definition) is 2. The first-order chi connectivity index (χ1) is 6.90. The molecular formula is C12H16O2. The highest BCUT2D eigenvalue weighted by molar-refractivity contribution is 5.13. The summed E-state index contributed by atoms with van der Waals surface area (Å²) in [6.07, 6.45) is 1.13. The summed E-state index contributed by atoms with van der Waals surface area (Å²) in [7, 11) is 0. The van der Waals surface area contributed by atoms with Crippen LogP contribution in [0.4, 0.5) is 0 Å². The van der Waals surface area contributed by atoms with Crippen molar-refractivity contribution < 1.29 is 9.84 Å². The maximum Gasteiger partial charge on any atom is 0.0717 e. The predicted molar refractivity (Wildman–Crippen MR) is 54.8 cm³/mol. The molecule has 0 spiro atoms. The average Bonchev–Trinajstić information content (AvgIpc) is 2.98. The lowest BCUT2D eigenvalue weighted by Gasteiger charge is -2.03. The molecule has 2 atom stereocenters. The molecular weight excluding hydrogens is 176 g/mol. The van der Waals surface area contributed by atoms with Crippen molar-refractivity contribution in [1.29, 1.82) is 0 Å². The van der Waals surface area contributed by atoms with Crippen molar-refractivity contribution >= 4 is 0 Å². The fourth-order valence-electron chi connectivity index (χ4n) is 1.64. The third-order valence-electron chi connectivity index (χ3n) is 2.75. The standard InChI is InChI=1S/C12H16O2/c13-7-11-6-12(11)9-14-8-10-4-2-1-3-5-10/h1-5,11-13H,6-9H2/t11?,12-/m1/s1. The van der Waals surface area contributed by atoms with Crippen molar-refractivity contribution in [3.63, 3.8) is 0 Å². The SMILES string of the molecule is OCC1C[C@@H]1COCc1ccccc1. The summed E-state index contributed by atoms with van der Waals surface area (Å²) in [6.45, 7) is 1.80. The first-order valence-electron chi connectivity index (χ1n) is 5.12. The Bertz CT molecular complexity index is 271. The van der Waals surface area contributed by atoms with E-state index in [1.807, 2.05) is 18.2 Å². The minimum absolute atomic E-state index is 0.319. The Labute approximate surface area is 84.5 Å². The van der Waals surface area contributed by atoms with Crippen LogP contribution in [0.15, 0.2) is 30.3 Å². The van der Waals surface area contributed by atoms with E-state index in [1.165, 1.54) is 5.56 Å². The van der Waals surface area contributed by atoms with Crippen LogP contribution in [0.3, 0.4) is 0 Å². The molecule has 1 aliphatic carbocycles. The summed E-state index contributed by atoms with van der Waals surface area (Å²) in [4.78, 5) is 0. The van der Waals surface area contributed by atoms with Crippen LogP contribution in [0.25, 0.3) is 0 Å². The van der Waals surface area contributed by atoms with Gasteiger partial charge < -0.3 is 9.84 Å². The van der Waals surface area contributed by atoms with E-state index in [1.54, 1.807) is 0 Å². The van der Waals surface area contributed by atoms with Crippen molar-refractivity contribution in [2.75, 3.05) is 13.2 Å². The Morgan fingerprint density at radius 3 is 2.64 bits per heavy atom. The molecule has 1 N–H and O–H groups in total. The Balaban J connectivity index is 1.64. The van der Waals surface area contributed by atoms with Crippen LogP contribution >= 0.6 is 0 Å². The molecule has 2 nitrogen and oxygen atoms in total. The van der Waals surface area contributed by atoms with Gasteiger partial charge in [0.15, 0.2) is 0 Å². The van der Waals surface area contributed by atoms with E-state index in [4.69, 9.17) is 9.84 Å². The van der Waals surface area contributed by atoms with Gasteiger partial charge in [0.05, 0.1) is 13.2 Å². The van der Waals surface area contributed by atoms with E-state index >= 15 is 0 Å². The Kier molecular flexibility index (Phi) is 3.17. The normalized spacial score (nSPS) is 24.9. The quantitative estimate of drug-likeness (QED) is 0.771. The van der Waals surface area contributed by atoms with Gasteiger partial charge in [0, 0.05) is 6.61 Å². The van der Waals surface area contributed by atoms with E-state index in [-0.39, 0.29) is 0 Å². The molecule has 0 saturated heterocycles. The van der Waals surface area contributed by atoms with Crippen LogP contribution in [0.2, 0.25) is 0 Å². The summed E-state index contributed by atoms with van der Waals surface area (Å²) in [5.74, 6) is 1.11. The molecule has 1 saturated carbocycles. The molecule has 0 bridgehead atoms. The average molecular weight is 192 g/mol. The fourth-order valence-corrected chi connectivity index (χ4v) is 1.64. The molecule has 2 heteroatoms. The lowest BCUT2D eigenvalue weighted by Crippen LogP contribution is -2.00. The van der Waals surface area contributed by atoms with Gasteiger partial charge in [0.1, 0.15) is 0 Å². The Morgan fingerprint density at radius 2 is 2.00 bits per heavy atom. The Hall–Kier alpha value is -0.860. The van der Waals surface area contributed by atoms with Gasteiger partial charge in [-0.15, -0.1) is 0 Å². The largest absolute Gasteiger partial charge is 0.396 e. The lowest BCUT2D eigenvalue weighted by molar-refractivity contribution is 0.104. The van der Waals surface area contributed by atoms with E-state index in [0.717, 1.165) is 13.0 Å². The fraction of sp³-hybridized carbons (Fsp3) is 0.500. The molecule has 1 aliphatic rings. The summed E-state index contributed by atoms with van der Waals surface area (Å²) in [5.41, 5.74) is 1.22. The van der Waals surface area contributed by atoms with Gasteiger partial charge in [0.2, 0.25) is 0 Å². The van der Waals surface area contributed by atoms with Crippen molar-refractivity contribution in [3.8, 4) is 0 Å². The predicted octanol–water partition coefficient (Wildman–Crippen LogP) is 1.83. The molecule has 1 aromatic rings. The highest BCUT2D eigenvalue weighted by atomic mass is 16.5. The zero-order chi connectivity index (χ0) is 9.80. The molecule has 0 amide bonds. The number of aliphatic hydroxyl groups is 1. The van der Waals surface area contributed by atoms with Crippen molar-refractivity contribution in [2.45, 2.75) is 13.0 Å². The van der Waals surface area contributed by atoms with Gasteiger partial charge in [-0.1, -0.05) is 30.3 Å². The van der Waals surface area contributed by atoms with Crippen LogP contribution in [0, 0.1) is 11.8 Å². The van der Waals surface area contributed by atoms with E-state index in [0.29, 0.717) is 25.0 Å². The molecule has 2 rings (SSSR count). The van der Waals surface area contributed by atoms with Gasteiger partial charge in [-0.25, -0.2) is 0 Å². The van der Waals surface area contributed by atoms with Gasteiger partial charge >= 0.3 is 0 Å². The first-order valence-corrected chi connectivity index (χ1v) is 5.12.